The number of hydrogen-bond donors (Lipinski definition) is 1. The minimum absolute atomic E-state index is 0.204. The third-order valence-electron chi connectivity index (χ3n) is 2.89. The fourth-order valence-corrected chi connectivity index (χ4v) is 1.82. The van der Waals surface area contributed by atoms with Crippen LogP contribution < -0.4 is 10.6 Å². The number of amides is 1. The van der Waals surface area contributed by atoms with Gasteiger partial charge in [-0.2, -0.15) is 0 Å². The minimum atomic E-state index is 0.204. The molecule has 0 spiro atoms. The quantitative estimate of drug-likeness (QED) is 0.784. The van der Waals surface area contributed by atoms with E-state index in [1.807, 2.05) is 29.2 Å². The van der Waals surface area contributed by atoms with Gasteiger partial charge in [0.05, 0.1) is 0 Å². The summed E-state index contributed by atoms with van der Waals surface area (Å²) in [6, 6.07) is 7.51. The SMILES string of the molecule is CCCN(C(=O)CCC(C)C)c1ccc(N)cc1. The number of anilines is 2. The highest BCUT2D eigenvalue weighted by Gasteiger charge is 2.14. The van der Waals surface area contributed by atoms with E-state index >= 15 is 0 Å². The lowest BCUT2D eigenvalue weighted by Crippen LogP contribution is -2.31. The molecule has 0 bridgehead atoms. The first-order chi connectivity index (χ1) is 8.54. The Morgan fingerprint density at radius 1 is 1.28 bits per heavy atom. The van der Waals surface area contributed by atoms with Crippen molar-refractivity contribution in [3.63, 3.8) is 0 Å². The summed E-state index contributed by atoms with van der Waals surface area (Å²) in [5, 5.41) is 0. The van der Waals surface area contributed by atoms with Gasteiger partial charge in [0.2, 0.25) is 5.91 Å². The van der Waals surface area contributed by atoms with Crippen LogP contribution in [0.15, 0.2) is 24.3 Å². The van der Waals surface area contributed by atoms with E-state index in [1.54, 1.807) is 0 Å². The van der Waals surface area contributed by atoms with Gasteiger partial charge in [-0.1, -0.05) is 20.8 Å². The first-order valence-electron chi connectivity index (χ1n) is 6.70. The molecule has 0 heterocycles. The van der Waals surface area contributed by atoms with Crippen molar-refractivity contribution < 1.29 is 4.79 Å². The molecular weight excluding hydrogens is 224 g/mol. The number of nitrogens with two attached hydrogens (primary N) is 1. The molecule has 0 saturated heterocycles. The molecule has 0 aliphatic carbocycles. The number of hydrogen-bond acceptors (Lipinski definition) is 2. The normalized spacial score (nSPS) is 10.7. The molecule has 100 valence electrons. The van der Waals surface area contributed by atoms with E-state index in [1.165, 1.54) is 0 Å². The van der Waals surface area contributed by atoms with Gasteiger partial charge >= 0.3 is 0 Å². The molecule has 1 rings (SSSR count). The minimum Gasteiger partial charge on any atom is -0.399 e. The number of rotatable bonds is 6. The molecule has 18 heavy (non-hydrogen) atoms. The molecular formula is C15H24N2O. The maximum absolute atomic E-state index is 12.2. The van der Waals surface area contributed by atoms with Crippen LogP contribution in [0, 0.1) is 5.92 Å². The monoisotopic (exact) mass is 248 g/mol. The first-order valence-corrected chi connectivity index (χ1v) is 6.70. The summed E-state index contributed by atoms with van der Waals surface area (Å²) in [6.07, 6.45) is 2.51. The van der Waals surface area contributed by atoms with Gasteiger partial charge in [0, 0.05) is 24.3 Å². The molecule has 1 aromatic carbocycles. The van der Waals surface area contributed by atoms with Crippen LogP contribution in [0.1, 0.15) is 40.0 Å². The van der Waals surface area contributed by atoms with E-state index in [2.05, 4.69) is 20.8 Å². The van der Waals surface area contributed by atoms with E-state index in [4.69, 9.17) is 5.73 Å². The van der Waals surface area contributed by atoms with E-state index in [0.717, 1.165) is 30.8 Å². The van der Waals surface area contributed by atoms with E-state index in [0.29, 0.717) is 12.3 Å². The second-order valence-electron chi connectivity index (χ2n) is 5.07. The highest BCUT2D eigenvalue weighted by molar-refractivity contribution is 5.93. The Balaban J connectivity index is 2.75. The van der Waals surface area contributed by atoms with Crippen LogP contribution in [0.3, 0.4) is 0 Å². The third-order valence-corrected chi connectivity index (χ3v) is 2.89. The molecule has 0 atom stereocenters. The number of carbonyl (C=O) groups is 1. The zero-order chi connectivity index (χ0) is 13.5. The number of nitrogen functional groups attached to an aromatic ring is 1. The lowest BCUT2D eigenvalue weighted by molar-refractivity contribution is -0.118. The summed E-state index contributed by atoms with van der Waals surface area (Å²) in [5.41, 5.74) is 7.34. The predicted octanol–water partition coefficient (Wildman–Crippen LogP) is 3.45. The summed E-state index contributed by atoms with van der Waals surface area (Å²) in [7, 11) is 0. The Morgan fingerprint density at radius 3 is 2.39 bits per heavy atom. The molecule has 0 aromatic heterocycles. The van der Waals surface area contributed by atoms with Gasteiger partial charge in [-0.15, -0.1) is 0 Å². The molecule has 1 amide bonds. The molecule has 0 fully saturated rings. The summed E-state index contributed by atoms with van der Waals surface area (Å²) >= 11 is 0. The van der Waals surface area contributed by atoms with Crippen molar-refractivity contribution in [3.05, 3.63) is 24.3 Å². The lowest BCUT2D eigenvalue weighted by atomic mass is 10.1. The average Bonchev–Trinajstić information content (AvgIpc) is 2.34. The Labute approximate surface area is 110 Å². The zero-order valence-electron chi connectivity index (χ0n) is 11.6. The number of nitrogens with zero attached hydrogens (tertiary/aromatic N) is 1. The second kappa shape index (κ2) is 7.04. The van der Waals surface area contributed by atoms with Crippen molar-refractivity contribution in [1.29, 1.82) is 0 Å². The van der Waals surface area contributed by atoms with Gasteiger partial charge in [0.25, 0.3) is 0 Å². The van der Waals surface area contributed by atoms with Crippen molar-refractivity contribution >= 4 is 17.3 Å². The molecule has 1 aromatic rings. The van der Waals surface area contributed by atoms with Crippen molar-refractivity contribution in [2.24, 2.45) is 5.92 Å². The van der Waals surface area contributed by atoms with Crippen molar-refractivity contribution in [2.45, 2.75) is 40.0 Å². The largest absolute Gasteiger partial charge is 0.399 e. The molecule has 0 aliphatic heterocycles. The fourth-order valence-electron chi connectivity index (χ4n) is 1.82. The average molecular weight is 248 g/mol. The highest BCUT2D eigenvalue weighted by atomic mass is 16.2. The molecule has 3 nitrogen and oxygen atoms in total. The Bertz CT molecular complexity index is 371. The first kappa shape index (κ1) is 14.6. The summed E-state index contributed by atoms with van der Waals surface area (Å²) in [4.78, 5) is 14.1. The van der Waals surface area contributed by atoms with Crippen LogP contribution in [0.5, 0.6) is 0 Å². The van der Waals surface area contributed by atoms with E-state index in [9.17, 15) is 4.79 Å². The highest BCUT2D eigenvalue weighted by Crippen LogP contribution is 2.19. The fraction of sp³-hybridized carbons (Fsp3) is 0.533. The van der Waals surface area contributed by atoms with Crippen LogP contribution in [-0.2, 0) is 4.79 Å². The Kier molecular flexibility index (Phi) is 5.69. The number of benzene rings is 1. The van der Waals surface area contributed by atoms with Crippen molar-refractivity contribution in [3.8, 4) is 0 Å². The topological polar surface area (TPSA) is 46.3 Å². The zero-order valence-corrected chi connectivity index (χ0v) is 11.6. The van der Waals surface area contributed by atoms with Gasteiger partial charge in [0.15, 0.2) is 0 Å². The van der Waals surface area contributed by atoms with Crippen LogP contribution in [0.4, 0.5) is 11.4 Å². The predicted molar refractivity (Wildman–Crippen MR) is 77.6 cm³/mol. The standard InChI is InChI=1S/C15H24N2O/c1-4-11-17(15(18)10-5-12(2)3)14-8-6-13(16)7-9-14/h6-9,12H,4-5,10-11,16H2,1-3H3. The second-order valence-corrected chi connectivity index (χ2v) is 5.07. The maximum Gasteiger partial charge on any atom is 0.226 e. The smallest absolute Gasteiger partial charge is 0.226 e. The van der Waals surface area contributed by atoms with E-state index in [-0.39, 0.29) is 5.91 Å². The van der Waals surface area contributed by atoms with Gasteiger partial charge < -0.3 is 10.6 Å². The summed E-state index contributed by atoms with van der Waals surface area (Å²) < 4.78 is 0. The summed E-state index contributed by atoms with van der Waals surface area (Å²) in [6.45, 7) is 7.13. The lowest BCUT2D eigenvalue weighted by Gasteiger charge is -2.23. The van der Waals surface area contributed by atoms with Crippen molar-refractivity contribution in [2.75, 3.05) is 17.2 Å². The van der Waals surface area contributed by atoms with Gasteiger partial charge in [-0.25, -0.2) is 0 Å². The van der Waals surface area contributed by atoms with Crippen LogP contribution >= 0.6 is 0 Å². The van der Waals surface area contributed by atoms with Gasteiger partial charge in [-0.05, 0) is 43.0 Å². The van der Waals surface area contributed by atoms with Gasteiger partial charge in [0.1, 0.15) is 0 Å². The van der Waals surface area contributed by atoms with E-state index < -0.39 is 0 Å². The molecule has 0 aliphatic rings. The number of carbonyl (C=O) groups excluding carboxylic acids is 1. The van der Waals surface area contributed by atoms with Gasteiger partial charge in [-0.3, -0.25) is 4.79 Å². The molecule has 2 N–H and O–H groups in total. The maximum atomic E-state index is 12.2. The third kappa shape index (κ3) is 4.40. The molecule has 0 unspecified atom stereocenters. The molecule has 0 radical (unpaired) electrons. The molecule has 0 saturated carbocycles. The van der Waals surface area contributed by atoms with Crippen molar-refractivity contribution in [1.82, 2.24) is 0 Å². The van der Waals surface area contributed by atoms with Crippen LogP contribution in [0.25, 0.3) is 0 Å². The Hall–Kier alpha value is -1.51. The molecule has 3 heteroatoms. The van der Waals surface area contributed by atoms with Crippen LogP contribution in [0.2, 0.25) is 0 Å². The van der Waals surface area contributed by atoms with Crippen LogP contribution in [-0.4, -0.2) is 12.5 Å². The summed E-state index contributed by atoms with van der Waals surface area (Å²) in [5.74, 6) is 0.763. The Morgan fingerprint density at radius 2 is 1.89 bits per heavy atom.